The zero-order chi connectivity index (χ0) is 11.4. The molecule has 0 saturated heterocycles. The lowest BCUT2D eigenvalue weighted by atomic mass is 10.2. The first kappa shape index (κ1) is 13.9. The van der Waals surface area contributed by atoms with Crippen LogP contribution in [0.5, 0.6) is 0 Å². The zero-order valence-corrected chi connectivity index (χ0v) is 9.87. The molecule has 15 heavy (non-hydrogen) atoms. The summed E-state index contributed by atoms with van der Waals surface area (Å²) in [6.45, 7) is 4.43. The van der Waals surface area contributed by atoms with E-state index in [4.69, 9.17) is 4.74 Å². The Kier molecular flexibility index (Phi) is 10.3. The van der Waals surface area contributed by atoms with Gasteiger partial charge in [-0.3, -0.25) is 4.79 Å². The maximum Gasteiger partial charge on any atom is 0.306 e. The van der Waals surface area contributed by atoms with Crippen molar-refractivity contribution in [1.29, 1.82) is 0 Å². The number of carbonyl (C=O) groups is 1. The van der Waals surface area contributed by atoms with Crippen molar-refractivity contribution >= 4 is 5.97 Å². The number of hydrogen-bond donors (Lipinski definition) is 0. The van der Waals surface area contributed by atoms with E-state index in [9.17, 15) is 4.79 Å². The van der Waals surface area contributed by atoms with Crippen molar-refractivity contribution in [2.75, 3.05) is 6.61 Å². The summed E-state index contributed by atoms with van der Waals surface area (Å²) >= 11 is 0. The molecule has 0 heterocycles. The molecule has 86 valence electrons. The summed E-state index contributed by atoms with van der Waals surface area (Å²) < 4.78 is 4.82. The van der Waals surface area contributed by atoms with Gasteiger partial charge in [0.05, 0.1) is 6.61 Å². The number of ether oxygens (including phenoxy) is 1. The van der Waals surface area contributed by atoms with Gasteiger partial charge in [0.15, 0.2) is 0 Å². The van der Waals surface area contributed by atoms with Crippen LogP contribution in [-0.4, -0.2) is 12.6 Å². The first-order chi connectivity index (χ1) is 7.31. The van der Waals surface area contributed by atoms with E-state index in [2.05, 4.69) is 31.2 Å². The average molecular weight is 210 g/mol. The van der Waals surface area contributed by atoms with Gasteiger partial charge in [0, 0.05) is 6.42 Å². The van der Waals surface area contributed by atoms with Crippen LogP contribution in [0.25, 0.3) is 0 Å². The zero-order valence-electron chi connectivity index (χ0n) is 9.87. The highest BCUT2D eigenvalue weighted by Gasteiger charge is 1.97. The molecule has 0 aromatic rings. The molecule has 0 N–H and O–H groups in total. The van der Waals surface area contributed by atoms with E-state index in [1.165, 1.54) is 0 Å². The Morgan fingerprint density at radius 1 is 1.00 bits per heavy atom. The van der Waals surface area contributed by atoms with E-state index in [-0.39, 0.29) is 5.97 Å². The van der Waals surface area contributed by atoms with Gasteiger partial charge in [-0.15, -0.1) is 0 Å². The van der Waals surface area contributed by atoms with Gasteiger partial charge in [-0.2, -0.15) is 0 Å². The van der Waals surface area contributed by atoms with E-state index in [0.717, 1.165) is 25.7 Å². The molecule has 2 heteroatoms. The van der Waals surface area contributed by atoms with Gasteiger partial charge in [0.25, 0.3) is 0 Å². The lowest BCUT2D eigenvalue weighted by molar-refractivity contribution is -0.142. The second kappa shape index (κ2) is 11.0. The van der Waals surface area contributed by atoms with E-state index in [1.54, 1.807) is 0 Å². The second-order valence-corrected chi connectivity index (χ2v) is 3.27. The van der Waals surface area contributed by atoms with Crippen molar-refractivity contribution in [3.63, 3.8) is 0 Å². The maximum atomic E-state index is 10.9. The van der Waals surface area contributed by atoms with Gasteiger partial charge in [-0.25, -0.2) is 0 Å². The fourth-order valence-electron chi connectivity index (χ4n) is 1.15. The Bertz CT molecular complexity index is 205. The third kappa shape index (κ3) is 10.9. The lowest BCUT2D eigenvalue weighted by Gasteiger charge is -1.97. The molecule has 0 rings (SSSR count). The minimum Gasteiger partial charge on any atom is -0.466 e. The topological polar surface area (TPSA) is 26.3 Å². The molecule has 0 atom stereocenters. The van der Waals surface area contributed by atoms with Crippen LogP contribution in [0, 0.1) is 0 Å². The molecule has 0 aromatic carbocycles. The number of allylic oxidation sites excluding steroid dienone is 4. The molecular weight excluding hydrogens is 188 g/mol. The van der Waals surface area contributed by atoms with Gasteiger partial charge in [-0.05, 0) is 32.6 Å². The molecule has 0 bridgehead atoms. The van der Waals surface area contributed by atoms with Crippen LogP contribution in [0.3, 0.4) is 0 Å². The first-order valence-corrected chi connectivity index (χ1v) is 5.76. The van der Waals surface area contributed by atoms with Crippen LogP contribution < -0.4 is 0 Å². The van der Waals surface area contributed by atoms with E-state index < -0.39 is 0 Å². The molecule has 0 aliphatic rings. The number of carbonyl (C=O) groups excluding carboxylic acids is 1. The molecule has 0 aromatic heterocycles. The molecule has 0 amide bonds. The lowest BCUT2D eigenvalue weighted by Crippen LogP contribution is -2.02. The molecule has 0 aliphatic carbocycles. The van der Waals surface area contributed by atoms with Crippen LogP contribution >= 0.6 is 0 Å². The summed E-state index contributed by atoms with van der Waals surface area (Å²) in [5.41, 5.74) is 0. The fraction of sp³-hybridized carbons (Fsp3) is 0.615. The summed E-state index contributed by atoms with van der Waals surface area (Å²) in [5, 5.41) is 0. The van der Waals surface area contributed by atoms with Gasteiger partial charge < -0.3 is 4.74 Å². The molecule has 0 fully saturated rings. The van der Waals surface area contributed by atoms with Crippen molar-refractivity contribution in [3.8, 4) is 0 Å². The van der Waals surface area contributed by atoms with Gasteiger partial charge >= 0.3 is 5.97 Å². The third-order valence-corrected chi connectivity index (χ3v) is 1.89. The minimum atomic E-state index is -0.104. The van der Waals surface area contributed by atoms with Crippen molar-refractivity contribution in [3.05, 3.63) is 24.3 Å². The van der Waals surface area contributed by atoms with Crippen LogP contribution in [-0.2, 0) is 9.53 Å². The highest BCUT2D eigenvalue weighted by atomic mass is 16.5. The van der Waals surface area contributed by atoms with Crippen molar-refractivity contribution in [2.45, 2.75) is 46.0 Å². The van der Waals surface area contributed by atoms with Gasteiger partial charge in [0.1, 0.15) is 0 Å². The van der Waals surface area contributed by atoms with Crippen molar-refractivity contribution in [1.82, 2.24) is 0 Å². The summed E-state index contributed by atoms with van der Waals surface area (Å²) in [7, 11) is 0. The molecule has 0 saturated carbocycles. The maximum absolute atomic E-state index is 10.9. The highest BCUT2D eigenvalue weighted by molar-refractivity contribution is 5.69. The van der Waals surface area contributed by atoms with Crippen LogP contribution in [0.15, 0.2) is 24.3 Å². The predicted molar refractivity (Wildman–Crippen MR) is 63.7 cm³/mol. The number of esters is 1. The Labute approximate surface area is 93.0 Å². The Hall–Kier alpha value is -1.05. The average Bonchev–Trinajstić information content (AvgIpc) is 2.22. The van der Waals surface area contributed by atoms with Crippen LogP contribution in [0.4, 0.5) is 0 Å². The fourth-order valence-corrected chi connectivity index (χ4v) is 1.15. The van der Waals surface area contributed by atoms with E-state index in [0.29, 0.717) is 13.0 Å². The quantitative estimate of drug-likeness (QED) is 0.347. The number of hydrogen-bond acceptors (Lipinski definition) is 2. The molecule has 2 nitrogen and oxygen atoms in total. The standard InChI is InChI=1S/C13H22O2/c1-3-5-6-7-8-9-10-11-12-13(14)15-4-2/h5-6,9-10H,3-4,7-8,11-12H2,1-2H3/b6-5+,10-9+. The van der Waals surface area contributed by atoms with Crippen molar-refractivity contribution < 1.29 is 9.53 Å². The summed E-state index contributed by atoms with van der Waals surface area (Å²) in [5.74, 6) is -0.104. The molecule has 0 aliphatic heterocycles. The molecule has 0 radical (unpaired) electrons. The van der Waals surface area contributed by atoms with E-state index >= 15 is 0 Å². The SMILES string of the molecule is CC/C=C/CC/C=C/CCC(=O)OCC. The third-order valence-electron chi connectivity index (χ3n) is 1.89. The molecule has 0 spiro atoms. The summed E-state index contributed by atoms with van der Waals surface area (Å²) in [6, 6.07) is 0. The Morgan fingerprint density at radius 2 is 1.60 bits per heavy atom. The summed E-state index contributed by atoms with van der Waals surface area (Å²) in [4.78, 5) is 10.9. The monoisotopic (exact) mass is 210 g/mol. The predicted octanol–water partition coefficient (Wildman–Crippen LogP) is 3.63. The Morgan fingerprint density at radius 3 is 2.20 bits per heavy atom. The normalized spacial score (nSPS) is 11.3. The number of rotatable bonds is 8. The first-order valence-electron chi connectivity index (χ1n) is 5.76. The van der Waals surface area contributed by atoms with Crippen LogP contribution in [0.2, 0.25) is 0 Å². The van der Waals surface area contributed by atoms with Crippen LogP contribution in [0.1, 0.15) is 46.0 Å². The van der Waals surface area contributed by atoms with E-state index in [1.807, 2.05) is 6.92 Å². The minimum absolute atomic E-state index is 0.104. The largest absolute Gasteiger partial charge is 0.466 e. The van der Waals surface area contributed by atoms with Gasteiger partial charge in [0.2, 0.25) is 0 Å². The smallest absolute Gasteiger partial charge is 0.306 e. The van der Waals surface area contributed by atoms with Gasteiger partial charge in [-0.1, -0.05) is 31.2 Å². The second-order valence-electron chi connectivity index (χ2n) is 3.27. The van der Waals surface area contributed by atoms with Crippen molar-refractivity contribution in [2.24, 2.45) is 0 Å². The molecule has 0 unspecified atom stereocenters. The number of unbranched alkanes of at least 4 members (excludes halogenated alkanes) is 1. The Balaban J connectivity index is 3.31. The summed E-state index contributed by atoms with van der Waals surface area (Å²) in [6.07, 6.45) is 13.1. The highest BCUT2D eigenvalue weighted by Crippen LogP contribution is 1.98. The molecular formula is C13H22O2.